The summed E-state index contributed by atoms with van der Waals surface area (Å²) < 4.78 is 30.9. The lowest BCUT2D eigenvalue weighted by Gasteiger charge is -2.25. The fourth-order valence-electron chi connectivity index (χ4n) is 2.92. The van der Waals surface area contributed by atoms with Gasteiger partial charge in [-0.1, -0.05) is 23.2 Å². The van der Waals surface area contributed by atoms with Crippen LogP contribution in [-0.2, 0) is 14.8 Å². The van der Waals surface area contributed by atoms with E-state index in [2.05, 4.69) is 5.32 Å². The number of ether oxygens (including phenoxy) is 1. The van der Waals surface area contributed by atoms with E-state index in [9.17, 15) is 13.2 Å². The first-order valence-corrected chi connectivity index (χ1v) is 10.3. The zero-order valence-corrected chi connectivity index (χ0v) is 17.0. The van der Waals surface area contributed by atoms with Crippen LogP contribution < -0.4 is 14.4 Å². The number of methoxy groups -OCH3 is 1. The lowest BCUT2D eigenvalue weighted by Crippen LogP contribution is -2.47. The van der Waals surface area contributed by atoms with Crippen LogP contribution in [0.1, 0.15) is 13.3 Å². The molecule has 0 radical (unpaired) electrons. The number of hydrogen-bond donors (Lipinski definition) is 1. The van der Waals surface area contributed by atoms with Crippen LogP contribution in [0.4, 0.5) is 11.4 Å². The first-order valence-electron chi connectivity index (χ1n) is 8.12. The maximum atomic E-state index is 13.1. The molecule has 0 spiro atoms. The first-order chi connectivity index (χ1) is 12.7. The van der Waals surface area contributed by atoms with Crippen molar-refractivity contribution in [1.29, 1.82) is 0 Å². The van der Waals surface area contributed by atoms with Crippen LogP contribution >= 0.6 is 23.2 Å². The van der Waals surface area contributed by atoms with Gasteiger partial charge in [-0.2, -0.15) is 0 Å². The molecule has 1 atom stereocenters. The predicted molar refractivity (Wildman–Crippen MR) is 107 cm³/mol. The van der Waals surface area contributed by atoms with Crippen LogP contribution in [0.25, 0.3) is 0 Å². The van der Waals surface area contributed by atoms with Gasteiger partial charge in [-0.25, -0.2) is 8.42 Å². The molecule has 1 heterocycles. The zero-order chi connectivity index (χ0) is 19.8. The molecule has 1 aliphatic heterocycles. The molecule has 0 aromatic heterocycles. The number of halogens is 2. The number of anilines is 2. The zero-order valence-electron chi connectivity index (χ0n) is 14.7. The number of sulfonamides is 1. The fourth-order valence-corrected chi connectivity index (χ4v) is 5.16. The normalized spacial score (nSPS) is 21.1. The monoisotopic (exact) mass is 428 g/mol. The topological polar surface area (TPSA) is 75.7 Å². The minimum Gasteiger partial charge on any atom is -0.495 e. The molecule has 27 heavy (non-hydrogen) atoms. The minimum absolute atomic E-state index is 0.160. The molecule has 0 saturated carbocycles. The molecule has 0 unspecified atom stereocenters. The van der Waals surface area contributed by atoms with Crippen LogP contribution in [-0.4, -0.2) is 32.7 Å². The second-order valence-corrected chi connectivity index (χ2v) is 9.47. The van der Waals surface area contributed by atoms with E-state index >= 15 is 0 Å². The molecule has 1 N–H and O–H groups in total. The Hall–Kier alpha value is -1.96. The molecule has 9 heteroatoms. The molecular formula is C18H18Cl2N2O4S. The van der Waals surface area contributed by atoms with Gasteiger partial charge in [0.2, 0.25) is 15.9 Å². The molecule has 1 amide bonds. The van der Waals surface area contributed by atoms with Gasteiger partial charge in [0.15, 0.2) is 4.75 Å². The standard InChI is InChI=1S/C18H18Cl2N2O4S/c1-18(17(23)21-13-5-8-16(26-2)15(20)11-13)9-10-22(27(18,24)25)14-6-3-12(19)4-7-14/h3-8,11H,9-10H2,1-2H3,(H,21,23)/t18-/m0/s1. The van der Waals surface area contributed by atoms with Crippen molar-refractivity contribution < 1.29 is 17.9 Å². The molecule has 1 fully saturated rings. The first kappa shape index (κ1) is 19.8. The van der Waals surface area contributed by atoms with E-state index < -0.39 is 20.7 Å². The second-order valence-electron chi connectivity index (χ2n) is 6.34. The Morgan fingerprint density at radius 2 is 1.85 bits per heavy atom. The average Bonchev–Trinajstić information content (AvgIpc) is 2.87. The van der Waals surface area contributed by atoms with E-state index in [-0.39, 0.29) is 13.0 Å². The van der Waals surface area contributed by atoms with Gasteiger partial charge in [-0.3, -0.25) is 9.10 Å². The van der Waals surface area contributed by atoms with E-state index in [1.54, 1.807) is 36.4 Å². The van der Waals surface area contributed by atoms with Crippen molar-refractivity contribution in [1.82, 2.24) is 0 Å². The van der Waals surface area contributed by atoms with Gasteiger partial charge in [-0.05, 0) is 55.8 Å². The third-order valence-electron chi connectivity index (χ3n) is 4.66. The highest BCUT2D eigenvalue weighted by Gasteiger charge is 2.54. The third kappa shape index (κ3) is 3.47. The van der Waals surface area contributed by atoms with Crippen molar-refractivity contribution in [3.63, 3.8) is 0 Å². The van der Waals surface area contributed by atoms with Crippen LogP contribution in [0.3, 0.4) is 0 Å². The predicted octanol–water partition coefficient (Wildman–Crippen LogP) is 3.94. The van der Waals surface area contributed by atoms with Crippen molar-refractivity contribution in [2.45, 2.75) is 18.1 Å². The highest BCUT2D eigenvalue weighted by atomic mass is 35.5. The molecule has 6 nitrogen and oxygen atoms in total. The molecule has 2 aromatic carbocycles. The molecule has 0 aliphatic carbocycles. The Balaban J connectivity index is 1.86. The number of benzene rings is 2. The largest absolute Gasteiger partial charge is 0.495 e. The summed E-state index contributed by atoms with van der Waals surface area (Å²) in [5.41, 5.74) is 0.871. The van der Waals surface area contributed by atoms with E-state index in [1.807, 2.05) is 0 Å². The minimum atomic E-state index is -3.92. The number of nitrogens with one attached hydrogen (secondary N) is 1. The number of nitrogens with zero attached hydrogens (tertiary/aromatic N) is 1. The van der Waals surface area contributed by atoms with Crippen LogP contribution in [0, 0.1) is 0 Å². The van der Waals surface area contributed by atoms with Crippen molar-refractivity contribution in [3.05, 3.63) is 52.5 Å². The highest BCUT2D eigenvalue weighted by Crippen LogP contribution is 2.38. The molecule has 3 rings (SSSR count). The Morgan fingerprint density at radius 1 is 1.19 bits per heavy atom. The Bertz CT molecular complexity index is 979. The van der Waals surface area contributed by atoms with Crippen LogP contribution in [0.5, 0.6) is 5.75 Å². The quantitative estimate of drug-likeness (QED) is 0.799. The summed E-state index contributed by atoms with van der Waals surface area (Å²) in [5.74, 6) is -0.150. The van der Waals surface area contributed by atoms with Gasteiger partial charge in [0.1, 0.15) is 5.75 Å². The van der Waals surface area contributed by atoms with E-state index in [1.165, 1.54) is 24.4 Å². The van der Waals surface area contributed by atoms with Gasteiger partial charge < -0.3 is 10.1 Å². The van der Waals surface area contributed by atoms with Crippen LogP contribution in [0.2, 0.25) is 10.0 Å². The van der Waals surface area contributed by atoms with Gasteiger partial charge >= 0.3 is 0 Å². The summed E-state index contributed by atoms with van der Waals surface area (Å²) in [6.07, 6.45) is 0.160. The molecule has 1 saturated heterocycles. The highest BCUT2D eigenvalue weighted by molar-refractivity contribution is 7.95. The Morgan fingerprint density at radius 3 is 2.44 bits per heavy atom. The number of amides is 1. The van der Waals surface area contributed by atoms with Gasteiger partial charge in [-0.15, -0.1) is 0 Å². The van der Waals surface area contributed by atoms with Crippen molar-refractivity contribution in [2.75, 3.05) is 23.3 Å². The van der Waals surface area contributed by atoms with E-state index in [4.69, 9.17) is 27.9 Å². The SMILES string of the molecule is COc1ccc(NC(=O)[C@]2(C)CCN(c3ccc(Cl)cc3)S2(=O)=O)cc1Cl. The fraction of sp³-hybridized carbons (Fsp3) is 0.278. The molecule has 0 bridgehead atoms. The molecular weight excluding hydrogens is 411 g/mol. The Labute approximate surface area is 168 Å². The number of rotatable bonds is 4. The Kier molecular flexibility index (Phi) is 5.29. The summed E-state index contributed by atoms with van der Waals surface area (Å²) in [7, 11) is -2.43. The van der Waals surface area contributed by atoms with E-state index in [0.29, 0.717) is 27.2 Å². The summed E-state index contributed by atoms with van der Waals surface area (Å²) in [6.45, 7) is 1.63. The van der Waals surface area contributed by atoms with Gasteiger partial charge in [0, 0.05) is 17.3 Å². The average molecular weight is 429 g/mol. The lowest BCUT2D eigenvalue weighted by atomic mass is 10.1. The molecule has 144 valence electrons. The molecule has 1 aliphatic rings. The summed E-state index contributed by atoms with van der Waals surface area (Å²) in [5, 5.41) is 3.47. The van der Waals surface area contributed by atoms with Crippen molar-refractivity contribution >= 4 is 50.5 Å². The molecule has 2 aromatic rings. The third-order valence-corrected chi connectivity index (χ3v) is 7.71. The maximum Gasteiger partial charge on any atom is 0.249 e. The van der Waals surface area contributed by atoms with Crippen molar-refractivity contribution in [2.24, 2.45) is 0 Å². The summed E-state index contributed by atoms with van der Waals surface area (Å²) >= 11 is 11.9. The summed E-state index contributed by atoms with van der Waals surface area (Å²) in [6, 6.07) is 11.2. The van der Waals surface area contributed by atoms with E-state index in [0.717, 1.165) is 0 Å². The van der Waals surface area contributed by atoms with Gasteiger partial charge in [0.25, 0.3) is 0 Å². The number of carbonyl (C=O) groups excluding carboxylic acids is 1. The number of hydrogen-bond acceptors (Lipinski definition) is 4. The van der Waals surface area contributed by atoms with Gasteiger partial charge in [0.05, 0.1) is 17.8 Å². The van der Waals surface area contributed by atoms with Crippen LogP contribution in [0.15, 0.2) is 42.5 Å². The lowest BCUT2D eigenvalue weighted by molar-refractivity contribution is -0.118. The smallest absolute Gasteiger partial charge is 0.249 e. The van der Waals surface area contributed by atoms with Crippen molar-refractivity contribution in [3.8, 4) is 5.75 Å². The number of carbonyl (C=O) groups is 1. The maximum absolute atomic E-state index is 13.1. The summed E-state index contributed by atoms with van der Waals surface area (Å²) in [4.78, 5) is 12.8. The second kappa shape index (κ2) is 7.22.